The van der Waals surface area contributed by atoms with Gasteiger partial charge in [-0.2, -0.15) is 0 Å². The highest BCUT2D eigenvalue weighted by Crippen LogP contribution is 2.36. The summed E-state index contributed by atoms with van der Waals surface area (Å²) in [4.78, 5) is 24.7. The number of benzene rings is 2. The number of carbonyl (C=O) groups is 2. The SMILES string of the molecule is CCCCOc1ccc(C(=O)NCC(=O)Nc2cccc(-c3nnnn3C3CC3)c2)cc1. The normalized spacial score (nSPS) is 12.9. The molecule has 9 heteroatoms. The van der Waals surface area contributed by atoms with E-state index in [0.29, 0.717) is 29.7 Å². The van der Waals surface area contributed by atoms with Crippen LogP contribution in [0.3, 0.4) is 0 Å². The van der Waals surface area contributed by atoms with Crippen molar-refractivity contribution in [2.45, 2.75) is 38.6 Å². The van der Waals surface area contributed by atoms with Crippen LogP contribution in [0.25, 0.3) is 11.4 Å². The number of amides is 2. The van der Waals surface area contributed by atoms with Gasteiger partial charge in [0.25, 0.3) is 5.91 Å². The Balaban J connectivity index is 1.29. The Bertz CT molecular complexity index is 1080. The van der Waals surface area contributed by atoms with Crippen LogP contribution in [-0.2, 0) is 4.79 Å². The van der Waals surface area contributed by atoms with Gasteiger partial charge in [0.15, 0.2) is 5.82 Å². The third-order valence-corrected chi connectivity index (χ3v) is 5.08. The molecule has 1 fully saturated rings. The Hall–Kier alpha value is -3.75. The Morgan fingerprint density at radius 2 is 1.97 bits per heavy atom. The second-order valence-electron chi connectivity index (χ2n) is 7.72. The summed E-state index contributed by atoms with van der Waals surface area (Å²) in [6.07, 6.45) is 4.19. The van der Waals surface area contributed by atoms with Crippen molar-refractivity contribution in [1.29, 1.82) is 0 Å². The van der Waals surface area contributed by atoms with Gasteiger partial charge < -0.3 is 15.4 Å². The molecule has 0 spiro atoms. The number of ether oxygens (including phenoxy) is 1. The summed E-state index contributed by atoms with van der Waals surface area (Å²) >= 11 is 0. The molecule has 9 nitrogen and oxygen atoms in total. The molecular formula is C23H26N6O3. The average molecular weight is 435 g/mol. The van der Waals surface area contributed by atoms with Crippen molar-refractivity contribution in [3.05, 3.63) is 54.1 Å². The lowest BCUT2D eigenvalue weighted by Crippen LogP contribution is -2.32. The third-order valence-electron chi connectivity index (χ3n) is 5.08. The lowest BCUT2D eigenvalue weighted by Gasteiger charge is -2.09. The van der Waals surface area contributed by atoms with Crippen LogP contribution >= 0.6 is 0 Å². The van der Waals surface area contributed by atoms with Gasteiger partial charge in [0, 0.05) is 16.8 Å². The summed E-state index contributed by atoms with van der Waals surface area (Å²) in [6.45, 7) is 2.61. The molecule has 1 aromatic heterocycles. The minimum atomic E-state index is -0.322. The standard InChI is InChI=1S/C23H26N6O3/c1-2-3-13-32-20-11-7-16(8-12-20)23(31)24-15-21(30)25-18-6-4-5-17(14-18)22-26-27-28-29(22)19-9-10-19/h4-8,11-12,14,19H,2-3,9-10,13,15H2,1H3,(H,24,31)(H,25,30). The van der Waals surface area contributed by atoms with Crippen LogP contribution in [0.2, 0.25) is 0 Å². The molecule has 2 amide bonds. The van der Waals surface area contributed by atoms with E-state index in [1.165, 1.54) is 0 Å². The fraction of sp³-hybridized carbons (Fsp3) is 0.348. The number of rotatable bonds is 10. The zero-order chi connectivity index (χ0) is 22.3. The van der Waals surface area contributed by atoms with Gasteiger partial charge in [-0.1, -0.05) is 25.5 Å². The Labute approximate surface area is 186 Å². The van der Waals surface area contributed by atoms with Crippen LogP contribution in [0, 0.1) is 0 Å². The first-order valence-electron chi connectivity index (χ1n) is 10.8. The summed E-state index contributed by atoms with van der Waals surface area (Å²) in [5, 5.41) is 17.4. The first-order chi connectivity index (χ1) is 15.6. The summed E-state index contributed by atoms with van der Waals surface area (Å²) in [6, 6.07) is 14.6. The number of nitrogens with zero attached hydrogens (tertiary/aromatic N) is 4. The van der Waals surface area contributed by atoms with Gasteiger partial charge in [0.2, 0.25) is 5.91 Å². The van der Waals surface area contributed by atoms with E-state index in [1.54, 1.807) is 30.3 Å². The van der Waals surface area contributed by atoms with Gasteiger partial charge in [-0.05, 0) is 66.1 Å². The number of nitrogens with one attached hydrogen (secondary N) is 2. The van der Waals surface area contributed by atoms with Crippen molar-refractivity contribution >= 4 is 17.5 Å². The molecule has 1 heterocycles. The number of hydrogen-bond donors (Lipinski definition) is 2. The summed E-state index contributed by atoms with van der Waals surface area (Å²) < 4.78 is 7.42. The molecule has 3 aromatic rings. The highest BCUT2D eigenvalue weighted by Gasteiger charge is 2.28. The number of tetrazole rings is 1. The topological polar surface area (TPSA) is 111 Å². The van der Waals surface area contributed by atoms with E-state index in [-0.39, 0.29) is 18.4 Å². The fourth-order valence-electron chi connectivity index (χ4n) is 3.19. The maximum atomic E-state index is 12.3. The average Bonchev–Trinajstić information content (AvgIpc) is 3.54. The van der Waals surface area contributed by atoms with Crippen LogP contribution in [0.4, 0.5) is 5.69 Å². The highest BCUT2D eigenvalue weighted by molar-refractivity contribution is 5.99. The van der Waals surface area contributed by atoms with Crippen molar-refractivity contribution in [2.24, 2.45) is 0 Å². The fourth-order valence-corrected chi connectivity index (χ4v) is 3.19. The van der Waals surface area contributed by atoms with Crippen LogP contribution in [0.1, 0.15) is 49.0 Å². The molecule has 2 N–H and O–H groups in total. The van der Waals surface area contributed by atoms with Gasteiger partial charge >= 0.3 is 0 Å². The van der Waals surface area contributed by atoms with E-state index >= 15 is 0 Å². The molecule has 0 atom stereocenters. The van der Waals surface area contributed by atoms with Crippen LogP contribution in [0.15, 0.2) is 48.5 Å². The molecule has 0 unspecified atom stereocenters. The molecule has 1 aliphatic rings. The highest BCUT2D eigenvalue weighted by atomic mass is 16.5. The van der Waals surface area contributed by atoms with E-state index in [1.807, 2.05) is 22.9 Å². The minimum Gasteiger partial charge on any atom is -0.494 e. The van der Waals surface area contributed by atoms with E-state index in [4.69, 9.17) is 4.74 Å². The Morgan fingerprint density at radius 1 is 1.16 bits per heavy atom. The van der Waals surface area contributed by atoms with Crippen LogP contribution < -0.4 is 15.4 Å². The van der Waals surface area contributed by atoms with Crippen LogP contribution in [-0.4, -0.2) is 45.2 Å². The summed E-state index contributed by atoms with van der Waals surface area (Å²) in [7, 11) is 0. The second kappa shape index (κ2) is 10.0. The Kier molecular flexibility index (Phi) is 6.74. The molecule has 0 aliphatic heterocycles. The monoisotopic (exact) mass is 434 g/mol. The van der Waals surface area contributed by atoms with Crippen molar-refractivity contribution < 1.29 is 14.3 Å². The van der Waals surface area contributed by atoms with Crippen molar-refractivity contribution in [2.75, 3.05) is 18.5 Å². The lowest BCUT2D eigenvalue weighted by atomic mass is 10.2. The number of aromatic nitrogens is 4. The number of carbonyl (C=O) groups excluding carboxylic acids is 2. The van der Waals surface area contributed by atoms with Crippen molar-refractivity contribution in [3.63, 3.8) is 0 Å². The quantitative estimate of drug-likeness (QED) is 0.474. The van der Waals surface area contributed by atoms with Crippen molar-refractivity contribution in [1.82, 2.24) is 25.5 Å². The zero-order valence-electron chi connectivity index (χ0n) is 18.0. The van der Waals surface area contributed by atoms with E-state index in [9.17, 15) is 9.59 Å². The summed E-state index contributed by atoms with van der Waals surface area (Å²) in [5.41, 5.74) is 1.90. The maximum Gasteiger partial charge on any atom is 0.251 e. The third kappa shape index (κ3) is 5.48. The molecule has 166 valence electrons. The molecule has 32 heavy (non-hydrogen) atoms. The van der Waals surface area contributed by atoms with Crippen LogP contribution in [0.5, 0.6) is 5.75 Å². The second-order valence-corrected chi connectivity index (χ2v) is 7.72. The predicted molar refractivity (Wildman–Crippen MR) is 119 cm³/mol. The maximum absolute atomic E-state index is 12.3. The molecule has 1 saturated carbocycles. The van der Waals surface area contributed by atoms with E-state index < -0.39 is 0 Å². The van der Waals surface area contributed by atoms with E-state index in [0.717, 1.165) is 37.0 Å². The van der Waals surface area contributed by atoms with Gasteiger partial charge in [-0.3, -0.25) is 9.59 Å². The number of hydrogen-bond acceptors (Lipinski definition) is 6. The molecule has 4 rings (SSSR count). The zero-order valence-corrected chi connectivity index (χ0v) is 18.0. The van der Waals surface area contributed by atoms with Gasteiger partial charge in [0.05, 0.1) is 19.2 Å². The van der Waals surface area contributed by atoms with Gasteiger partial charge in [-0.25, -0.2) is 4.68 Å². The van der Waals surface area contributed by atoms with Gasteiger partial charge in [0.1, 0.15) is 5.75 Å². The number of unbranched alkanes of at least 4 members (excludes halogenated alkanes) is 1. The largest absolute Gasteiger partial charge is 0.494 e. The molecule has 0 radical (unpaired) electrons. The summed E-state index contributed by atoms with van der Waals surface area (Å²) in [5.74, 6) is 0.758. The molecule has 0 saturated heterocycles. The predicted octanol–water partition coefficient (Wildman–Crippen LogP) is 3.22. The molecular weight excluding hydrogens is 408 g/mol. The first kappa shape index (κ1) is 21.5. The smallest absolute Gasteiger partial charge is 0.251 e. The Morgan fingerprint density at radius 3 is 2.72 bits per heavy atom. The van der Waals surface area contributed by atoms with E-state index in [2.05, 4.69) is 33.1 Å². The first-order valence-corrected chi connectivity index (χ1v) is 10.8. The van der Waals surface area contributed by atoms with Crippen molar-refractivity contribution in [3.8, 4) is 17.1 Å². The molecule has 2 aromatic carbocycles. The minimum absolute atomic E-state index is 0.141. The molecule has 0 bridgehead atoms. The van der Waals surface area contributed by atoms with Gasteiger partial charge in [-0.15, -0.1) is 5.10 Å². The molecule has 1 aliphatic carbocycles. The number of anilines is 1. The lowest BCUT2D eigenvalue weighted by molar-refractivity contribution is -0.115.